The number of nitrogens with one attached hydrogen (secondary N) is 1. The lowest BCUT2D eigenvalue weighted by Gasteiger charge is -2.26. The van der Waals surface area contributed by atoms with Gasteiger partial charge in [-0.15, -0.1) is 0 Å². The number of ether oxygens (including phenoxy) is 1. The van der Waals surface area contributed by atoms with Crippen LogP contribution in [0.15, 0.2) is 42.9 Å². The molecular formula is C20H24N6O3. The Morgan fingerprint density at radius 3 is 2.72 bits per heavy atom. The fourth-order valence-electron chi connectivity index (χ4n) is 3.55. The van der Waals surface area contributed by atoms with Gasteiger partial charge in [0.1, 0.15) is 6.54 Å². The average Bonchev–Trinajstić information content (AvgIpc) is 3.32. The van der Waals surface area contributed by atoms with Gasteiger partial charge >= 0.3 is 0 Å². The quantitative estimate of drug-likeness (QED) is 0.617. The Morgan fingerprint density at radius 1 is 1.14 bits per heavy atom. The van der Waals surface area contributed by atoms with Gasteiger partial charge in [-0.2, -0.15) is 5.10 Å². The van der Waals surface area contributed by atoms with Crippen LogP contribution in [-0.4, -0.2) is 63.9 Å². The SMILES string of the molecule is NC(=O)c1cn(CC(=O)Nc2cnn(CCN3CCOCC3)c2)c2ccccc12. The Hall–Kier alpha value is -3.17. The van der Waals surface area contributed by atoms with Gasteiger partial charge in [0.2, 0.25) is 5.91 Å². The summed E-state index contributed by atoms with van der Waals surface area (Å²) in [5.74, 6) is -0.712. The second-order valence-electron chi connectivity index (χ2n) is 7.05. The summed E-state index contributed by atoms with van der Waals surface area (Å²) in [6.45, 7) is 5.13. The molecule has 152 valence electrons. The molecule has 0 atom stereocenters. The molecule has 0 unspecified atom stereocenters. The van der Waals surface area contributed by atoms with E-state index in [-0.39, 0.29) is 12.5 Å². The Balaban J connectivity index is 1.37. The number of fused-ring (bicyclic) bond motifs is 1. The minimum Gasteiger partial charge on any atom is -0.379 e. The Bertz CT molecular complexity index is 1020. The number of aromatic nitrogens is 3. The number of carbonyl (C=O) groups is 2. The van der Waals surface area contributed by atoms with Crippen LogP contribution in [-0.2, 0) is 22.6 Å². The predicted molar refractivity (Wildman–Crippen MR) is 109 cm³/mol. The molecule has 9 heteroatoms. The van der Waals surface area contributed by atoms with Crippen LogP contribution in [0, 0.1) is 0 Å². The van der Waals surface area contributed by atoms with Crippen LogP contribution in [0.25, 0.3) is 10.9 Å². The van der Waals surface area contributed by atoms with Crippen LogP contribution in [0.3, 0.4) is 0 Å². The van der Waals surface area contributed by atoms with Gasteiger partial charge in [0.15, 0.2) is 0 Å². The van der Waals surface area contributed by atoms with E-state index in [1.54, 1.807) is 17.0 Å². The van der Waals surface area contributed by atoms with Crippen LogP contribution < -0.4 is 11.1 Å². The zero-order valence-electron chi connectivity index (χ0n) is 16.1. The molecule has 0 saturated carbocycles. The number of rotatable bonds is 7. The van der Waals surface area contributed by atoms with Gasteiger partial charge in [0, 0.05) is 42.9 Å². The number of amides is 2. The fourth-order valence-corrected chi connectivity index (χ4v) is 3.55. The van der Waals surface area contributed by atoms with E-state index in [1.165, 1.54) is 0 Å². The van der Waals surface area contributed by atoms with Crippen molar-refractivity contribution in [3.8, 4) is 0 Å². The third kappa shape index (κ3) is 4.47. The van der Waals surface area contributed by atoms with Crippen molar-refractivity contribution in [3.63, 3.8) is 0 Å². The molecule has 2 amide bonds. The van der Waals surface area contributed by atoms with E-state index in [0.717, 1.165) is 50.3 Å². The number of para-hydroxylation sites is 1. The van der Waals surface area contributed by atoms with Crippen molar-refractivity contribution in [2.24, 2.45) is 5.73 Å². The number of morpholine rings is 1. The van der Waals surface area contributed by atoms with Crippen LogP contribution in [0.5, 0.6) is 0 Å². The first-order valence-electron chi connectivity index (χ1n) is 9.60. The molecule has 1 aromatic carbocycles. The molecule has 3 heterocycles. The van der Waals surface area contributed by atoms with Crippen molar-refractivity contribution in [3.05, 3.63) is 48.4 Å². The second-order valence-corrected chi connectivity index (χ2v) is 7.05. The first kappa shape index (κ1) is 19.2. The van der Waals surface area contributed by atoms with Gasteiger partial charge in [-0.3, -0.25) is 19.2 Å². The summed E-state index contributed by atoms with van der Waals surface area (Å²) < 4.78 is 8.90. The standard InChI is InChI=1S/C20H24N6O3/c21-20(28)17-13-25(18-4-2-1-3-16(17)18)14-19(27)23-15-11-22-26(12-15)6-5-24-7-9-29-10-8-24/h1-4,11-13H,5-10,14H2,(H2,21,28)(H,23,27). The highest BCUT2D eigenvalue weighted by molar-refractivity contribution is 6.06. The predicted octanol–water partition coefficient (Wildman–Crippen LogP) is 0.908. The van der Waals surface area contributed by atoms with Crippen LogP contribution >= 0.6 is 0 Å². The highest BCUT2D eigenvalue weighted by Gasteiger charge is 2.15. The summed E-state index contributed by atoms with van der Waals surface area (Å²) in [6, 6.07) is 7.38. The molecule has 1 aliphatic rings. The Kier molecular flexibility index (Phi) is 5.59. The summed E-state index contributed by atoms with van der Waals surface area (Å²) in [5, 5.41) is 7.91. The fraction of sp³-hybridized carbons (Fsp3) is 0.350. The molecule has 29 heavy (non-hydrogen) atoms. The number of carbonyl (C=O) groups excluding carboxylic acids is 2. The van der Waals surface area contributed by atoms with Crippen molar-refractivity contribution in [1.82, 2.24) is 19.2 Å². The van der Waals surface area contributed by atoms with Crippen molar-refractivity contribution < 1.29 is 14.3 Å². The average molecular weight is 396 g/mol. The van der Waals surface area contributed by atoms with E-state index in [4.69, 9.17) is 10.5 Å². The summed E-state index contributed by atoms with van der Waals surface area (Å²) in [5.41, 5.74) is 7.30. The number of hydrogen-bond acceptors (Lipinski definition) is 5. The normalized spacial score (nSPS) is 14.9. The summed E-state index contributed by atoms with van der Waals surface area (Å²) >= 11 is 0. The zero-order chi connectivity index (χ0) is 20.2. The maximum absolute atomic E-state index is 12.5. The highest BCUT2D eigenvalue weighted by atomic mass is 16.5. The van der Waals surface area contributed by atoms with Crippen molar-refractivity contribution in [1.29, 1.82) is 0 Å². The van der Waals surface area contributed by atoms with Crippen molar-refractivity contribution in [2.75, 3.05) is 38.2 Å². The molecule has 1 aliphatic heterocycles. The minimum absolute atomic E-state index is 0.0761. The highest BCUT2D eigenvalue weighted by Crippen LogP contribution is 2.21. The second kappa shape index (κ2) is 8.46. The van der Waals surface area contributed by atoms with Crippen LogP contribution in [0.1, 0.15) is 10.4 Å². The monoisotopic (exact) mass is 396 g/mol. The molecule has 2 aromatic heterocycles. The lowest BCUT2D eigenvalue weighted by molar-refractivity contribution is -0.116. The summed E-state index contributed by atoms with van der Waals surface area (Å²) in [6.07, 6.45) is 5.08. The molecule has 0 spiro atoms. The third-order valence-electron chi connectivity index (χ3n) is 5.03. The molecule has 4 rings (SSSR count). The lowest BCUT2D eigenvalue weighted by Crippen LogP contribution is -2.38. The minimum atomic E-state index is -0.512. The summed E-state index contributed by atoms with van der Waals surface area (Å²) in [4.78, 5) is 26.5. The van der Waals surface area contributed by atoms with Crippen LogP contribution in [0.4, 0.5) is 5.69 Å². The largest absolute Gasteiger partial charge is 0.379 e. The lowest BCUT2D eigenvalue weighted by atomic mass is 10.2. The Labute approximate surface area is 168 Å². The maximum Gasteiger partial charge on any atom is 0.250 e. The molecule has 0 aliphatic carbocycles. The van der Waals surface area contributed by atoms with E-state index >= 15 is 0 Å². The van der Waals surface area contributed by atoms with E-state index < -0.39 is 5.91 Å². The number of primary amides is 1. The van der Waals surface area contributed by atoms with Gasteiger partial charge < -0.3 is 20.4 Å². The number of nitrogens with zero attached hydrogens (tertiary/aromatic N) is 4. The summed E-state index contributed by atoms with van der Waals surface area (Å²) in [7, 11) is 0. The van der Waals surface area contributed by atoms with Gasteiger partial charge in [-0.25, -0.2) is 0 Å². The topological polar surface area (TPSA) is 107 Å². The van der Waals surface area contributed by atoms with E-state index in [9.17, 15) is 9.59 Å². The molecule has 0 bridgehead atoms. The van der Waals surface area contributed by atoms with E-state index in [1.807, 2.05) is 35.1 Å². The van der Waals surface area contributed by atoms with Gasteiger partial charge in [-0.05, 0) is 6.07 Å². The zero-order valence-corrected chi connectivity index (χ0v) is 16.1. The number of nitrogens with two attached hydrogens (primary N) is 1. The van der Waals surface area contributed by atoms with Gasteiger partial charge in [-0.1, -0.05) is 18.2 Å². The van der Waals surface area contributed by atoms with Crippen molar-refractivity contribution >= 4 is 28.4 Å². The Morgan fingerprint density at radius 2 is 1.93 bits per heavy atom. The smallest absolute Gasteiger partial charge is 0.250 e. The van der Waals surface area contributed by atoms with Crippen molar-refractivity contribution in [2.45, 2.75) is 13.1 Å². The first-order chi connectivity index (χ1) is 14.1. The molecule has 1 saturated heterocycles. The number of anilines is 1. The van der Waals surface area contributed by atoms with Gasteiger partial charge in [0.25, 0.3) is 5.91 Å². The molecular weight excluding hydrogens is 372 g/mol. The molecule has 3 aromatic rings. The molecule has 0 radical (unpaired) electrons. The molecule has 3 N–H and O–H groups in total. The first-order valence-corrected chi connectivity index (χ1v) is 9.60. The van der Waals surface area contributed by atoms with Crippen LogP contribution in [0.2, 0.25) is 0 Å². The number of hydrogen-bond donors (Lipinski definition) is 2. The van der Waals surface area contributed by atoms with E-state index in [2.05, 4.69) is 15.3 Å². The third-order valence-corrected chi connectivity index (χ3v) is 5.03. The van der Waals surface area contributed by atoms with Gasteiger partial charge in [0.05, 0.1) is 37.2 Å². The number of benzene rings is 1. The van der Waals surface area contributed by atoms with E-state index in [0.29, 0.717) is 11.3 Å². The maximum atomic E-state index is 12.5. The molecule has 9 nitrogen and oxygen atoms in total. The molecule has 1 fully saturated rings.